The highest BCUT2D eigenvalue weighted by Gasteiger charge is 2.34. The number of furan rings is 1. The Morgan fingerprint density at radius 3 is 2.84 bits per heavy atom. The summed E-state index contributed by atoms with van der Waals surface area (Å²) in [7, 11) is 0. The number of hydrogen-bond donors (Lipinski definition) is 1. The lowest BCUT2D eigenvalue weighted by atomic mass is 10.1. The molecule has 1 aliphatic rings. The van der Waals surface area contributed by atoms with Gasteiger partial charge in [0.15, 0.2) is 0 Å². The minimum atomic E-state index is -0.386. The van der Waals surface area contributed by atoms with Crippen LogP contribution in [0.3, 0.4) is 0 Å². The zero-order valence-electron chi connectivity index (χ0n) is 11.1. The summed E-state index contributed by atoms with van der Waals surface area (Å²) >= 11 is 0. The van der Waals surface area contributed by atoms with E-state index in [4.69, 9.17) is 4.42 Å². The highest BCUT2D eigenvalue weighted by atomic mass is 16.3. The molecule has 3 heteroatoms. The summed E-state index contributed by atoms with van der Waals surface area (Å²) in [4.78, 5) is 2.32. The molecule has 1 aromatic carbocycles. The minimum absolute atomic E-state index is 0.164. The second-order valence-corrected chi connectivity index (χ2v) is 5.11. The van der Waals surface area contributed by atoms with Gasteiger partial charge in [-0.3, -0.25) is 4.90 Å². The van der Waals surface area contributed by atoms with Crippen molar-refractivity contribution in [3.8, 4) is 0 Å². The van der Waals surface area contributed by atoms with Gasteiger partial charge in [0.25, 0.3) is 0 Å². The number of aliphatic hydroxyl groups is 1. The van der Waals surface area contributed by atoms with Crippen LogP contribution in [0.4, 0.5) is 0 Å². The molecular weight excluding hydrogens is 238 g/mol. The molecule has 0 amide bonds. The third-order valence-corrected chi connectivity index (χ3v) is 4.01. The first-order valence-corrected chi connectivity index (χ1v) is 6.80. The van der Waals surface area contributed by atoms with Gasteiger partial charge >= 0.3 is 0 Å². The van der Waals surface area contributed by atoms with E-state index in [1.54, 1.807) is 12.5 Å². The third kappa shape index (κ3) is 2.31. The summed E-state index contributed by atoms with van der Waals surface area (Å²) in [5, 5.41) is 10.5. The number of hydrogen-bond acceptors (Lipinski definition) is 3. The number of likely N-dealkylation sites (N-methyl/N-ethyl adjacent to an activating group) is 1. The van der Waals surface area contributed by atoms with Crippen molar-refractivity contribution in [2.45, 2.75) is 32.0 Å². The number of rotatable bonds is 4. The van der Waals surface area contributed by atoms with E-state index in [1.165, 1.54) is 5.56 Å². The van der Waals surface area contributed by atoms with Crippen molar-refractivity contribution in [2.24, 2.45) is 0 Å². The van der Waals surface area contributed by atoms with Crippen LogP contribution in [0.25, 0.3) is 0 Å². The van der Waals surface area contributed by atoms with E-state index < -0.39 is 0 Å². The summed E-state index contributed by atoms with van der Waals surface area (Å²) in [6.45, 7) is 3.87. The molecule has 19 heavy (non-hydrogen) atoms. The summed E-state index contributed by atoms with van der Waals surface area (Å²) in [5.74, 6) is 0. The van der Waals surface area contributed by atoms with E-state index in [-0.39, 0.29) is 12.1 Å². The van der Waals surface area contributed by atoms with Crippen molar-refractivity contribution < 1.29 is 9.52 Å². The van der Waals surface area contributed by atoms with Crippen LogP contribution in [0.5, 0.6) is 0 Å². The summed E-state index contributed by atoms with van der Waals surface area (Å²) < 4.78 is 5.12. The largest absolute Gasteiger partial charge is 0.472 e. The molecule has 1 aromatic heterocycles. The van der Waals surface area contributed by atoms with Crippen molar-refractivity contribution in [1.82, 2.24) is 4.90 Å². The van der Waals surface area contributed by atoms with E-state index in [0.717, 1.165) is 30.6 Å². The molecule has 1 aliphatic carbocycles. The number of benzene rings is 1. The summed E-state index contributed by atoms with van der Waals surface area (Å²) in [6, 6.07) is 10.3. The standard InChI is InChI=1S/C16H19NO2/c1-2-17(10-12-7-8-19-11-12)15-9-13-5-3-4-6-14(13)16(15)18/h3-8,11,15-16,18H,2,9-10H2,1H3. The molecule has 0 bridgehead atoms. The Labute approximate surface area is 113 Å². The Morgan fingerprint density at radius 2 is 2.16 bits per heavy atom. The first-order valence-electron chi connectivity index (χ1n) is 6.80. The molecule has 2 unspecified atom stereocenters. The summed E-state index contributed by atoms with van der Waals surface area (Å²) in [6.07, 6.45) is 4.01. The van der Waals surface area contributed by atoms with E-state index >= 15 is 0 Å². The van der Waals surface area contributed by atoms with Crippen molar-refractivity contribution in [2.75, 3.05) is 6.54 Å². The van der Waals surface area contributed by atoms with Crippen molar-refractivity contribution in [3.05, 3.63) is 59.5 Å². The zero-order valence-corrected chi connectivity index (χ0v) is 11.1. The van der Waals surface area contributed by atoms with Gasteiger partial charge in [-0.25, -0.2) is 0 Å². The molecule has 0 fully saturated rings. The van der Waals surface area contributed by atoms with E-state index in [0.29, 0.717) is 0 Å². The average Bonchev–Trinajstić information content (AvgIpc) is 3.05. The molecule has 1 N–H and O–H groups in total. The van der Waals surface area contributed by atoms with Crippen LogP contribution in [-0.4, -0.2) is 22.6 Å². The Morgan fingerprint density at radius 1 is 1.32 bits per heavy atom. The van der Waals surface area contributed by atoms with Gasteiger partial charge < -0.3 is 9.52 Å². The first kappa shape index (κ1) is 12.5. The lowest BCUT2D eigenvalue weighted by Gasteiger charge is -2.29. The van der Waals surface area contributed by atoms with Crippen molar-refractivity contribution >= 4 is 0 Å². The van der Waals surface area contributed by atoms with Gasteiger partial charge in [-0.05, 0) is 30.2 Å². The molecule has 2 atom stereocenters. The maximum atomic E-state index is 10.5. The van der Waals surface area contributed by atoms with Crippen molar-refractivity contribution in [1.29, 1.82) is 0 Å². The molecule has 0 aliphatic heterocycles. The predicted molar refractivity (Wildman–Crippen MR) is 73.7 cm³/mol. The van der Waals surface area contributed by atoms with Gasteiger partial charge in [-0.15, -0.1) is 0 Å². The van der Waals surface area contributed by atoms with Gasteiger partial charge in [-0.2, -0.15) is 0 Å². The fourth-order valence-electron chi connectivity index (χ4n) is 2.96. The number of aliphatic hydroxyl groups excluding tert-OH is 1. The van der Waals surface area contributed by atoms with E-state index in [2.05, 4.69) is 17.9 Å². The molecule has 0 spiro atoms. The maximum absolute atomic E-state index is 10.5. The molecule has 2 aromatic rings. The van der Waals surface area contributed by atoms with Crippen LogP contribution >= 0.6 is 0 Å². The molecular formula is C16H19NO2. The molecule has 0 radical (unpaired) electrons. The van der Waals surface area contributed by atoms with Gasteiger partial charge in [0.1, 0.15) is 0 Å². The monoisotopic (exact) mass is 257 g/mol. The molecule has 3 rings (SSSR count). The quantitative estimate of drug-likeness (QED) is 0.915. The lowest BCUT2D eigenvalue weighted by molar-refractivity contribution is 0.0590. The van der Waals surface area contributed by atoms with Crippen LogP contribution < -0.4 is 0 Å². The first-order chi connectivity index (χ1) is 9.29. The number of fused-ring (bicyclic) bond motifs is 1. The zero-order chi connectivity index (χ0) is 13.2. The van der Waals surface area contributed by atoms with Crippen LogP contribution in [0, 0.1) is 0 Å². The van der Waals surface area contributed by atoms with Crippen LogP contribution in [0.2, 0.25) is 0 Å². The van der Waals surface area contributed by atoms with Gasteiger partial charge in [0.2, 0.25) is 0 Å². The van der Waals surface area contributed by atoms with Crippen LogP contribution in [0.15, 0.2) is 47.3 Å². The Hall–Kier alpha value is -1.58. The maximum Gasteiger partial charge on any atom is 0.0951 e. The third-order valence-electron chi connectivity index (χ3n) is 4.01. The van der Waals surface area contributed by atoms with Gasteiger partial charge in [0, 0.05) is 18.2 Å². The number of nitrogens with zero attached hydrogens (tertiary/aromatic N) is 1. The van der Waals surface area contributed by atoms with E-state index in [9.17, 15) is 5.11 Å². The van der Waals surface area contributed by atoms with Crippen LogP contribution in [0.1, 0.15) is 29.7 Å². The normalized spacial score (nSPS) is 21.8. The Balaban J connectivity index is 1.79. The van der Waals surface area contributed by atoms with Crippen LogP contribution in [-0.2, 0) is 13.0 Å². The predicted octanol–water partition coefficient (Wildman–Crippen LogP) is 2.76. The average molecular weight is 257 g/mol. The Bertz CT molecular complexity index is 535. The highest BCUT2D eigenvalue weighted by Crippen LogP contribution is 2.34. The topological polar surface area (TPSA) is 36.6 Å². The fraction of sp³-hybridized carbons (Fsp3) is 0.375. The van der Waals surface area contributed by atoms with Gasteiger partial charge in [0.05, 0.1) is 18.6 Å². The second kappa shape index (κ2) is 5.19. The fourth-order valence-corrected chi connectivity index (χ4v) is 2.96. The van der Waals surface area contributed by atoms with Gasteiger partial charge in [-0.1, -0.05) is 31.2 Å². The van der Waals surface area contributed by atoms with E-state index in [1.807, 2.05) is 24.3 Å². The Kier molecular flexibility index (Phi) is 3.40. The molecule has 0 saturated carbocycles. The molecule has 3 nitrogen and oxygen atoms in total. The molecule has 1 heterocycles. The lowest BCUT2D eigenvalue weighted by Crippen LogP contribution is -2.37. The SMILES string of the molecule is CCN(Cc1ccoc1)C1Cc2ccccc2C1O. The second-order valence-electron chi connectivity index (χ2n) is 5.11. The smallest absolute Gasteiger partial charge is 0.0951 e. The molecule has 0 saturated heterocycles. The minimum Gasteiger partial charge on any atom is -0.472 e. The molecule has 100 valence electrons. The summed E-state index contributed by atoms with van der Waals surface area (Å²) in [5.41, 5.74) is 3.51. The highest BCUT2D eigenvalue weighted by molar-refractivity contribution is 5.36. The van der Waals surface area contributed by atoms with Crippen molar-refractivity contribution in [3.63, 3.8) is 0 Å².